The standard InChI is InChI=1S/C50H71N2O3/c1-5-7-9-19-31-51(35-39-21-13-11-14-22-39)41-27-29-45-47(33-41)55-48-34-42(52(32-20-10-8-6-2)36-40-23-15-12-16-24-40)28-30-46(48)49(45)43-25-17-18-26-44(43)50(53)54-37-38(3)4/h17-18,25-30,33-34,38-40H,5-16,19-24,31-32,35-37H2,1-4H3/q+1. The molecule has 0 unspecified atom stereocenters. The van der Waals surface area contributed by atoms with E-state index in [-0.39, 0.29) is 11.9 Å². The van der Waals surface area contributed by atoms with Gasteiger partial charge in [0.2, 0.25) is 5.36 Å². The number of esters is 1. The predicted octanol–water partition coefficient (Wildman–Crippen LogP) is 12.9. The van der Waals surface area contributed by atoms with E-state index in [1.807, 2.05) is 18.2 Å². The van der Waals surface area contributed by atoms with Crippen LogP contribution in [0.3, 0.4) is 0 Å². The van der Waals surface area contributed by atoms with Crippen LogP contribution in [0.5, 0.6) is 0 Å². The number of ether oxygens (including phenoxy) is 1. The van der Waals surface area contributed by atoms with Gasteiger partial charge in [0.15, 0.2) is 0 Å². The molecule has 0 aromatic heterocycles. The Morgan fingerprint density at radius 3 is 2.22 bits per heavy atom. The third-order valence-electron chi connectivity index (χ3n) is 12.4. The summed E-state index contributed by atoms with van der Waals surface area (Å²) in [6.45, 7) is 13.5. The quantitative estimate of drug-likeness (QED) is 0.0415. The zero-order valence-electron chi connectivity index (χ0n) is 34.9. The van der Waals surface area contributed by atoms with Crippen molar-refractivity contribution in [3.63, 3.8) is 0 Å². The number of unbranched alkanes of at least 4 members (excludes halogenated alkanes) is 6. The van der Waals surface area contributed by atoms with Crippen molar-refractivity contribution < 1.29 is 13.9 Å². The highest BCUT2D eigenvalue weighted by molar-refractivity contribution is 6.08. The Labute approximate surface area is 332 Å². The highest BCUT2D eigenvalue weighted by Crippen LogP contribution is 2.42. The monoisotopic (exact) mass is 748 g/mol. The van der Waals surface area contributed by atoms with E-state index in [0.29, 0.717) is 12.2 Å². The van der Waals surface area contributed by atoms with Gasteiger partial charge >= 0.3 is 5.97 Å². The summed E-state index contributed by atoms with van der Waals surface area (Å²) in [7, 11) is 0. The van der Waals surface area contributed by atoms with Crippen LogP contribution in [0.2, 0.25) is 0 Å². The average molecular weight is 748 g/mol. The van der Waals surface area contributed by atoms with Crippen LogP contribution in [0.1, 0.15) is 154 Å². The van der Waals surface area contributed by atoms with E-state index in [1.54, 1.807) is 0 Å². The van der Waals surface area contributed by atoms with Crippen molar-refractivity contribution in [3.05, 3.63) is 71.6 Å². The fourth-order valence-corrected chi connectivity index (χ4v) is 9.22. The Bertz CT molecular complexity index is 1830. The number of carbonyl (C=O) groups is 1. The number of hydrogen-bond acceptors (Lipinski definition) is 4. The van der Waals surface area contributed by atoms with Gasteiger partial charge in [-0.2, -0.15) is 0 Å². The Morgan fingerprint density at radius 1 is 0.782 bits per heavy atom. The lowest BCUT2D eigenvalue weighted by Gasteiger charge is -2.32. The van der Waals surface area contributed by atoms with Crippen LogP contribution in [-0.2, 0) is 4.74 Å². The minimum absolute atomic E-state index is 0.266. The van der Waals surface area contributed by atoms with E-state index in [1.165, 1.54) is 127 Å². The molecule has 5 nitrogen and oxygen atoms in total. The number of anilines is 1. The molecule has 0 spiro atoms. The number of benzene rings is 3. The van der Waals surface area contributed by atoms with Crippen molar-refractivity contribution in [2.24, 2.45) is 17.8 Å². The number of carbonyl (C=O) groups excluding carboxylic acids is 1. The second kappa shape index (κ2) is 21.1. The van der Waals surface area contributed by atoms with Crippen molar-refractivity contribution in [2.75, 3.05) is 37.7 Å². The second-order valence-corrected chi connectivity index (χ2v) is 17.4. The largest absolute Gasteiger partial charge is 0.462 e. The van der Waals surface area contributed by atoms with Crippen LogP contribution in [0.25, 0.3) is 33.4 Å². The highest BCUT2D eigenvalue weighted by atomic mass is 16.5. The van der Waals surface area contributed by atoms with Gasteiger partial charge in [-0.15, -0.1) is 0 Å². The summed E-state index contributed by atoms with van der Waals surface area (Å²) in [6, 6.07) is 21.8. The van der Waals surface area contributed by atoms with Crippen LogP contribution >= 0.6 is 0 Å². The van der Waals surface area contributed by atoms with Gasteiger partial charge in [0.1, 0.15) is 24.4 Å². The number of rotatable bonds is 19. The van der Waals surface area contributed by atoms with Crippen molar-refractivity contribution in [2.45, 2.75) is 143 Å². The van der Waals surface area contributed by atoms with Gasteiger partial charge in [0, 0.05) is 59.8 Å². The molecule has 298 valence electrons. The van der Waals surface area contributed by atoms with E-state index in [2.05, 4.69) is 79.6 Å². The van der Waals surface area contributed by atoms with Crippen molar-refractivity contribution in [1.82, 2.24) is 4.58 Å². The Hall–Kier alpha value is -3.60. The minimum Gasteiger partial charge on any atom is -0.462 e. The van der Waals surface area contributed by atoms with Gasteiger partial charge < -0.3 is 14.1 Å². The zero-order chi connectivity index (χ0) is 38.4. The van der Waals surface area contributed by atoms with Gasteiger partial charge in [0.25, 0.3) is 0 Å². The smallest absolute Gasteiger partial charge is 0.338 e. The molecule has 0 saturated heterocycles. The molecular weight excluding hydrogens is 677 g/mol. The molecule has 6 rings (SSSR count). The summed E-state index contributed by atoms with van der Waals surface area (Å²) in [5.74, 6) is 2.38. The topological polar surface area (TPSA) is 45.7 Å². The maximum absolute atomic E-state index is 13.7. The van der Waals surface area contributed by atoms with E-state index in [9.17, 15) is 4.79 Å². The maximum Gasteiger partial charge on any atom is 0.338 e. The molecule has 2 aromatic carbocycles. The number of fused-ring (bicyclic) bond motifs is 2. The summed E-state index contributed by atoms with van der Waals surface area (Å²) in [4.78, 5) is 16.4. The summed E-state index contributed by atoms with van der Waals surface area (Å²) in [6.07, 6.45) is 23.6. The lowest BCUT2D eigenvalue weighted by Crippen LogP contribution is -2.36. The van der Waals surface area contributed by atoms with Crippen LogP contribution in [0, 0.1) is 17.8 Å². The molecule has 5 heteroatoms. The molecule has 0 radical (unpaired) electrons. The van der Waals surface area contributed by atoms with E-state index in [4.69, 9.17) is 9.15 Å². The summed E-state index contributed by atoms with van der Waals surface area (Å²) >= 11 is 0. The minimum atomic E-state index is -0.267. The normalized spacial score (nSPS) is 16.2. The molecule has 0 atom stereocenters. The van der Waals surface area contributed by atoms with Crippen LogP contribution in [-0.4, -0.2) is 38.8 Å². The van der Waals surface area contributed by atoms with E-state index >= 15 is 0 Å². The van der Waals surface area contributed by atoms with Crippen LogP contribution in [0.4, 0.5) is 5.69 Å². The molecule has 1 heterocycles. The highest BCUT2D eigenvalue weighted by Gasteiger charge is 2.26. The molecular formula is C50H71N2O3+. The van der Waals surface area contributed by atoms with Crippen molar-refractivity contribution in [1.29, 1.82) is 0 Å². The van der Waals surface area contributed by atoms with Gasteiger partial charge in [-0.25, -0.2) is 9.37 Å². The molecule has 2 saturated carbocycles. The van der Waals surface area contributed by atoms with Gasteiger partial charge in [-0.05, 0) is 80.2 Å². The number of hydrogen-bond donors (Lipinski definition) is 0. The second-order valence-electron chi connectivity index (χ2n) is 17.4. The van der Waals surface area contributed by atoms with Crippen molar-refractivity contribution in [3.8, 4) is 22.5 Å². The molecule has 1 aliphatic heterocycles. The predicted molar refractivity (Wildman–Crippen MR) is 232 cm³/mol. The van der Waals surface area contributed by atoms with E-state index in [0.717, 1.165) is 71.4 Å². The van der Waals surface area contributed by atoms with Gasteiger partial charge in [-0.3, -0.25) is 0 Å². The Morgan fingerprint density at radius 2 is 1.49 bits per heavy atom. The first-order chi connectivity index (χ1) is 26.9. The first-order valence-corrected chi connectivity index (χ1v) is 22.5. The lowest BCUT2D eigenvalue weighted by molar-refractivity contribution is 0.0460. The molecule has 0 N–H and O–H groups in total. The summed E-state index contributed by atoms with van der Waals surface area (Å²) in [5, 5.41) is 2.29. The molecule has 3 aliphatic carbocycles. The van der Waals surface area contributed by atoms with Gasteiger partial charge in [0.05, 0.1) is 18.2 Å². The van der Waals surface area contributed by atoms with Crippen molar-refractivity contribution >= 4 is 22.6 Å². The third kappa shape index (κ3) is 11.3. The maximum atomic E-state index is 13.7. The fourth-order valence-electron chi connectivity index (χ4n) is 9.22. The van der Waals surface area contributed by atoms with Gasteiger partial charge in [-0.1, -0.05) is 117 Å². The van der Waals surface area contributed by atoms with E-state index < -0.39 is 0 Å². The zero-order valence-corrected chi connectivity index (χ0v) is 34.9. The fraction of sp³-hybridized carbons (Fsp3) is 0.600. The molecule has 0 amide bonds. The third-order valence-corrected chi connectivity index (χ3v) is 12.4. The first kappa shape index (κ1) is 41.0. The summed E-state index contributed by atoms with van der Waals surface area (Å²) < 4.78 is 15.6. The first-order valence-electron chi connectivity index (χ1n) is 22.5. The lowest BCUT2D eigenvalue weighted by atomic mass is 9.88. The van der Waals surface area contributed by atoms with Crippen LogP contribution < -0.4 is 14.8 Å². The molecule has 4 aliphatic rings. The Kier molecular flexibility index (Phi) is 15.7. The molecule has 55 heavy (non-hydrogen) atoms. The number of nitrogens with zero attached hydrogens (tertiary/aromatic N) is 2. The molecule has 2 aromatic rings. The molecule has 2 fully saturated rings. The summed E-state index contributed by atoms with van der Waals surface area (Å²) in [5.41, 5.74) is 5.73. The average Bonchev–Trinajstić information content (AvgIpc) is 3.21. The van der Waals surface area contributed by atoms with Crippen LogP contribution in [0.15, 0.2) is 65.1 Å². The Balaban J connectivity index is 1.50. The SMILES string of the molecule is CCCCCCN(CC1CCCCC1)c1ccc2c(-c3ccccc3C(=O)OCC(C)C)c3ccc(=[N+](CCCCCC)CC4CCCCC4)cc-3oc2c1. The molecule has 0 bridgehead atoms.